The van der Waals surface area contributed by atoms with Gasteiger partial charge >= 0.3 is 12.0 Å². The Morgan fingerprint density at radius 2 is 1.80 bits per heavy atom. The maximum atomic E-state index is 11.2. The second kappa shape index (κ2) is 6.27. The van der Waals surface area contributed by atoms with Gasteiger partial charge in [0.05, 0.1) is 0 Å². The lowest BCUT2D eigenvalue weighted by Gasteiger charge is -2.18. The van der Waals surface area contributed by atoms with Crippen molar-refractivity contribution in [2.75, 3.05) is 13.1 Å². The van der Waals surface area contributed by atoms with Gasteiger partial charge < -0.3 is 15.7 Å². The monoisotopic (exact) mass is 216 g/mol. The summed E-state index contributed by atoms with van der Waals surface area (Å²) >= 11 is 0. The van der Waals surface area contributed by atoms with E-state index >= 15 is 0 Å². The number of nitrogens with one attached hydrogen (secondary N) is 2. The minimum atomic E-state index is -0.841. The van der Waals surface area contributed by atoms with E-state index in [0.717, 1.165) is 0 Å². The van der Waals surface area contributed by atoms with Gasteiger partial charge in [-0.3, -0.25) is 4.79 Å². The molecule has 5 heteroatoms. The number of carbonyl (C=O) groups excluding carboxylic acids is 1. The average molecular weight is 216 g/mol. The van der Waals surface area contributed by atoms with E-state index in [1.54, 1.807) is 0 Å². The highest BCUT2D eigenvalue weighted by atomic mass is 16.4. The summed E-state index contributed by atoms with van der Waals surface area (Å²) in [6.07, 6.45) is 0.540. The van der Waals surface area contributed by atoms with E-state index in [1.807, 2.05) is 20.8 Å². The largest absolute Gasteiger partial charge is 0.481 e. The van der Waals surface area contributed by atoms with Gasteiger partial charge in [-0.15, -0.1) is 0 Å². The summed E-state index contributed by atoms with van der Waals surface area (Å²) in [4.78, 5) is 21.3. The number of carboxylic acid groups (broad SMARTS) is 1. The van der Waals surface area contributed by atoms with Crippen LogP contribution in [0.15, 0.2) is 0 Å². The number of aliphatic carboxylic acids is 1. The van der Waals surface area contributed by atoms with Crippen LogP contribution in [0.2, 0.25) is 0 Å². The molecule has 0 saturated heterocycles. The Hall–Kier alpha value is -1.26. The highest BCUT2D eigenvalue weighted by molar-refractivity contribution is 5.73. The van der Waals surface area contributed by atoms with Crippen molar-refractivity contribution in [1.82, 2.24) is 10.6 Å². The van der Waals surface area contributed by atoms with E-state index in [4.69, 9.17) is 5.11 Å². The van der Waals surface area contributed by atoms with Gasteiger partial charge in [0.2, 0.25) is 0 Å². The first-order valence-corrected chi connectivity index (χ1v) is 5.05. The smallest absolute Gasteiger partial charge is 0.314 e. The average Bonchev–Trinajstić information content (AvgIpc) is 2.07. The van der Waals surface area contributed by atoms with Gasteiger partial charge in [0.15, 0.2) is 0 Å². The molecule has 0 radical (unpaired) electrons. The molecule has 3 N–H and O–H groups in total. The van der Waals surface area contributed by atoms with Crippen molar-refractivity contribution in [2.45, 2.75) is 33.6 Å². The van der Waals surface area contributed by atoms with Crippen LogP contribution in [0, 0.1) is 5.41 Å². The number of carbonyl (C=O) groups is 2. The zero-order chi connectivity index (χ0) is 11.9. The van der Waals surface area contributed by atoms with Crippen LogP contribution in [0.5, 0.6) is 0 Å². The van der Waals surface area contributed by atoms with Crippen LogP contribution in [0.4, 0.5) is 4.79 Å². The molecule has 0 atom stereocenters. The Bertz CT molecular complexity index is 221. The Morgan fingerprint density at radius 3 is 2.27 bits per heavy atom. The van der Waals surface area contributed by atoms with Gasteiger partial charge in [0, 0.05) is 19.5 Å². The van der Waals surface area contributed by atoms with Gasteiger partial charge in [0.1, 0.15) is 0 Å². The molecular weight excluding hydrogens is 196 g/mol. The van der Waals surface area contributed by atoms with Gasteiger partial charge in [-0.05, 0) is 11.8 Å². The first-order chi connectivity index (χ1) is 6.81. The van der Waals surface area contributed by atoms with Crippen molar-refractivity contribution in [2.24, 2.45) is 5.41 Å². The van der Waals surface area contributed by atoms with Crippen molar-refractivity contribution in [1.29, 1.82) is 0 Å². The number of rotatable bonds is 5. The minimum Gasteiger partial charge on any atom is -0.481 e. The second-order valence-corrected chi connectivity index (χ2v) is 4.67. The molecule has 88 valence electrons. The summed E-state index contributed by atoms with van der Waals surface area (Å²) in [7, 11) is 0. The van der Waals surface area contributed by atoms with E-state index in [1.165, 1.54) is 0 Å². The minimum absolute atomic E-state index is 0.0540. The van der Waals surface area contributed by atoms with Crippen LogP contribution >= 0.6 is 0 Å². The van der Waals surface area contributed by atoms with Crippen LogP contribution in [0.1, 0.15) is 33.6 Å². The highest BCUT2D eigenvalue weighted by Crippen LogP contribution is 2.09. The van der Waals surface area contributed by atoms with Crippen molar-refractivity contribution >= 4 is 12.0 Å². The molecule has 0 aromatic heterocycles. The summed E-state index contributed by atoms with van der Waals surface area (Å²) < 4.78 is 0. The van der Waals surface area contributed by atoms with Crippen LogP contribution in [0.3, 0.4) is 0 Å². The molecule has 0 spiro atoms. The molecule has 0 fully saturated rings. The molecule has 15 heavy (non-hydrogen) atoms. The van der Waals surface area contributed by atoms with Gasteiger partial charge in [0.25, 0.3) is 0 Å². The lowest BCUT2D eigenvalue weighted by molar-refractivity contribution is -0.137. The topological polar surface area (TPSA) is 78.4 Å². The summed E-state index contributed by atoms with van der Waals surface area (Å²) in [6.45, 7) is 7.06. The molecule has 0 saturated carbocycles. The molecule has 5 nitrogen and oxygen atoms in total. The lowest BCUT2D eigenvalue weighted by atomic mass is 9.97. The standard InChI is InChI=1S/C10H20N2O3/c1-10(2,3)7-12-9(15)11-6-4-5-8(13)14/h4-7H2,1-3H3,(H,13,14)(H2,11,12,15). The molecule has 0 aliphatic carbocycles. The van der Waals surface area contributed by atoms with E-state index in [0.29, 0.717) is 19.5 Å². The molecule has 0 rings (SSSR count). The summed E-state index contributed by atoms with van der Waals surface area (Å²) in [5, 5.41) is 13.7. The number of amides is 2. The second-order valence-electron chi connectivity index (χ2n) is 4.67. The van der Waals surface area contributed by atoms with Crippen LogP contribution < -0.4 is 10.6 Å². The van der Waals surface area contributed by atoms with Crippen molar-refractivity contribution in [3.05, 3.63) is 0 Å². The molecule has 0 aromatic rings. The fourth-order valence-electron chi connectivity index (χ4n) is 0.849. The van der Waals surface area contributed by atoms with E-state index in [9.17, 15) is 9.59 Å². The van der Waals surface area contributed by atoms with Crippen LogP contribution in [-0.4, -0.2) is 30.2 Å². The fraction of sp³-hybridized carbons (Fsp3) is 0.800. The first kappa shape index (κ1) is 13.7. The van der Waals surface area contributed by atoms with Crippen molar-refractivity contribution < 1.29 is 14.7 Å². The lowest BCUT2D eigenvalue weighted by Crippen LogP contribution is -2.40. The third-order valence-electron chi connectivity index (χ3n) is 1.63. The van der Waals surface area contributed by atoms with E-state index in [2.05, 4.69) is 10.6 Å². The quantitative estimate of drug-likeness (QED) is 0.604. The Morgan fingerprint density at radius 1 is 1.20 bits per heavy atom. The van der Waals surface area contributed by atoms with Crippen molar-refractivity contribution in [3.63, 3.8) is 0 Å². The first-order valence-electron chi connectivity index (χ1n) is 5.05. The van der Waals surface area contributed by atoms with Crippen molar-refractivity contribution in [3.8, 4) is 0 Å². The van der Waals surface area contributed by atoms with Crippen LogP contribution in [0.25, 0.3) is 0 Å². The zero-order valence-corrected chi connectivity index (χ0v) is 9.59. The molecule has 0 aliphatic heterocycles. The molecule has 0 aromatic carbocycles. The summed E-state index contributed by atoms with van der Waals surface area (Å²) in [5.41, 5.74) is 0.0540. The normalized spacial score (nSPS) is 10.9. The molecule has 0 heterocycles. The van der Waals surface area contributed by atoms with Gasteiger partial charge in [-0.2, -0.15) is 0 Å². The predicted molar refractivity (Wildman–Crippen MR) is 57.7 cm³/mol. The van der Waals surface area contributed by atoms with Gasteiger partial charge in [-0.1, -0.05) is 20.8 Å². The Balaban J connectivity index is 3.46. The maximum absolute atomic E-state index is 11.2. The Kier molecular flexibility index (Phi) is 5.74. The summed E-state index contributed by atoms with van der Waals surface area (Å²) in [5.74, 6) is -0.841. The molecular formula is C10H20N2O3. The Labute approximate surface area is 90.2 Å². The van der Waals surface area contributed by atoms with Crippen LogP contribution in [-0.2, 0) is 4.79 Å². The van der Waals surface area contributed by atoms with E-state index in [-0.39, 0.29) is 17.9 Å². The fourth-order valence-corrected chi connectivity index (χ4v) is 0.849. The predicted octanol–water partition coefficient (Wildman–Crippen LogP) is 1.20. The number of hydrogen-bond donors (Lipinski definition) is 3. The molecule has 0 aliphatic rings. The summed E-state index contributed by atoms with van der Waals surface area (Å²) in [6, 6.07) is -0.240. The third kappa shape index (κ3) is 10.7. The molecule has 2 amide bonds. The van der Waals surface area contributed by atoms with Gasteiger partial charge in [-0.25, -0.2) is 4.79 Å². The number of urea groups is 1. The van der Waals surface area contributed by atoms with E-state index < -0.39 is 5.97 Å². The molecule has 0 unspecified atom stereocenters. The third-order valence-corrected chi connectivity index (χ3v) is 1.63. The number of hydrogen-bond acceptors (Lipinski definition) is 2. The highest BCUT2D eigenvalue weighted by Gasteiger charge is 2.11. The SMILES string of the molecule is CC(C)(C)CNC(=O)NCCCC(=O)O. The number of carboxylic acids is 1. The maximum Gasteiger partial charge on any atom is 0.314 e. The molecule has 0 bridgehead atoms. The zero-order valence-electron chi connectivity index (χ0n) is 9.59.